The molecular formula is C21H15N7O3S. The Labute approximate surface area is 184 Å². The van der Waals surface area contributed by atoms with Crippen molar-refractivity contribution in [2.45, 2.75) is 0 Å². The lowest BCUT2D eigenvalue weighted by Gasteiger charge is -2.10. The molecule has 1 aliphatic heterocycles. The van der Waals surface area contributed by atoms with E-state index in [2.05, 4.69) is 25.7 Å². The number of hydrogen-bond acceptors (Lipinski definition) is 8. The zero-order chi connectivity index (χ0) is 21.7. The highest BCUT2D eigenvalue weighted by Gasteiger charge is 2.24. The van der Waals surface area contributed by atoms with Crippen LogP contribution in [-0.4, -0.2) is 42.9 Å². The summed E-state index contributed by atoms with van der Waals surface area (Å²) < 4.78 is 12.7. The number of nitrogens with zero attached hydrogens (tertiary/aromatic N) is 5. The molecule has 0 spiro atoms. The number of aryl methyl sites for hydroxylation is 1. The van der Waals surface area contributed by atoms with E-state index in [1.807, 2.05) is 35.0 Å². The minimum atomic E-state index is -0.329. The Balaban J connectivity index is 1.46. The molecule has 158 valence electrons. The summed E-state index contributed by atoms with van der Waals surface area (Å²) in [5, 5.41) is 22.1. The van der Waals surface area contributed by atoms with Crippen molar-refractivity contribution < 1.29 is 14.3 Å². The van der Waals surface area contributed by atoms with Gasteiger partial charge in [0, 0.05) is 24.2 Å². The van der Waals surface area contributed by atoms with Gasteiger partial charge in [0.25, 0.3) is 5.91 Å². The Morgan fingerprint density at radius 1 is 1.16 bits per heavy atom. The van der Waals surface area contributed by atoms with Crippen molar-refractivity contribution >= 4 is 34.2 Å². The second-order valence-corrected chi connectivity index (χ2v) is 7.90. The van der Waals surface area contributed by atoms with E-state index in [1.54, 1.807) is 29.1 Å². The van der Waals surface area contributed by atoms with Crippen molar-refractivity contribution in [3.05, 3.63) is 52.9 Å². The van der Waals surface area contributed by atoms with Gasteiger partial charge in [0.15, 0.2) is 11.5 Å². The first-order valence-corrected chi connectivity index (χ1v) is 10.6. The van der Waals surface area contributed by atoms with Gasteiger partial charge in [-0.05, 0) is 35.2 Å². The van der Waals surface area contributed by atoms with Crippen LogP contribution in [0.3, 0.4) is 0 Å². The zero-order valence-electron chi connectivity index (χ0n) is 16.7. The molecule has 0 saturated carbocycles. The Kier molecular flexibility index (Phi) is 4.15. The largest absolute Gasteiger partial charge is 0.454 e. The number of carbonyl (C=O) groups excluding carboxylic acids is 1. The van der Waals surface area contributed by atoms with Crippen molar-refractivity contribution in [1.29, 1.82) is 0 Å². The van der Waals surface area contributed by atoms with Crippen molar-refractivity contribution in [2.24, 2.45) is 7.05 Å². The van der Waals surface area contributed by atoms with Gasteiger partial charge in [0.1, 0.15) is 17.0 Å². The first-order valence-electron chi connectivity index (χ1n) is 9.65. The molecule has 0 saturated heterocycles. The van der Waals surface area contributed by atoms with Crippen LogP contribution in [0.2, 0.25) is 0 Å². The van der Waals surface area contributed by atoms with Gasteiger partial charge >= 0.3 is 0 Å². The molecule has 0 fully saturated rings. The summed E-state index contributed by atoms with van der Waals surface area (Å²) in [6.45, 7) is 0.185. The van der Waals surface area contributed by atoms with Crippen molar-refractivity contribution in [1.82, 2.24) is 30.2 Å². The third-order valence-electron chi connectivity index (χ3n) is 5.17. The number of H-pyrrole nitrogens is 1. The fraction of sp³-hybridized carbons (Fsp3) is 0.0952. The summed E-state index contributed by atoms with van der Waals surface area (Å²) >= 11 is 1.58. The fourth-order valence-electron chi connectivity index (χ4n) is 3.64. The van der Waals surface area contributed by atoms with Gasteiger partial charge in [-0.25, -0.2) is 4.98 Å². The molecule has 1 aromatic carbocycles. The van der Waals surface area contributed by atoms with Crippen LogP contribution in [0.5, 0.6) is 11.5 Å². The number of amides is 1. The van der Waals surface area contributed by atoms with Crippen LogP contribution in [0.15, 0.2) is 47.3 Å². The maximum Gasteiger partial charge on any atom is 0.258 e. The molecule has 1 aliphatic rings. The van der Waals surface area contributed by atoms with Gasteiger partial charge in [0.05, 0.1) is 11.1 Å². The number of aromatic nitrogens is 6. The predicted octanol–water partition coefficient (Wildman–Crippen LogP) is 3.46. The molecule has 0 radical (unpaired) electrons. The second kappa shape index (κ2) is 7.17. The number of fused-ring (bicyclic) bond motifs is 2. The molecule has 5 aromatic rings. The number of nitrogens with one attached hydrogen (secondary N) is 2. The molecule has 6 rings (SSSR count). The molecule has 0 unspecified atom stereocenters. The number of carbonyl (C=O) groups is 1. The van der Waals surface area contributed by atoms with Gasteiger partial charge in [-0.15, -0.1) is 5.10 Å². The molecule has 32 heavy (non-hydrogen) atoms. The minimum Gasteiger partial charge on any atom is -0.454 e. The maximum absolute atomic E-state index is 13.1. The van der Waals surface area contributed by atoms with E-state index in [-0.39, 0.29) is 12.7 Å². The van der Waals surface area contributed by atoms with Crippen LogP contribution >= 0.6 is 11.3 Å². The van der Waals surface area contributed by atoms with E-state index in [0.29, 0.717) is 34.0 Å². The van der Waals surface area contributed by atoms with Crippen LogP contribution in [0.1, 0.15) is 10.4 Å². The van der Waals surface area contributed by atoms with E-state index in [9.17, 15) is 4.79 Å². The third kappa shape index (κ3) is 2.98. The van der Waals surface area contributed by atoms with Crippen LogP contribution in [0, 0.1) is 0 Å². The average molecular weight is 445 g/mol. The number of rotatable bonds is 4. The number of thiophene rings is 1. The lowest BCUT2D eigenvalue weighted by molar-refractivity contribution is 0.102. The van der Waals surface area contributed by atoms with Gasteiger partial charge in [-0.2, -0.15) is 26.7 Å². The molecule has 2 N–H and O–H groups in total. The molecule has 0 aliphatic carbocycles. The van der Waals surface area contributed by atoms with Gasteiger partial charge < -0.3 is 14.8 Å². The smallest absolute Gasteiger partial charge is 0.258 e. The predicted molar refractivity (Wildman–Crippen MR) is 118 cm³/mol. The van der Waals surface area contributed by atoms with Crippen molar-refractivity contribution in [3.8, 4) is 33.9 Å². The highest BCUT2D eigenvalue weighted by atomic mass is 32.1. The van der Waals surface area contributed by atoms with Crippen LogP contribution in [0.25, 0.3) is 33.5 Å². The zero-order valence-corrected chi connectivity index (χ0v) is 17.5. The summed E-state index contributed by atoms with van der Waals surface area (Å²) in [6.07, 6.45) is 1.47. The first-order chi connectivity index (χ1) is 15.7. The quantitative estimate of drug-likeness (QED) is 0.435. The van der Waals surface area contributed by atoms with E-state index >= 15 is 0 Å². The third-order valence-corrected chi connectivity index (χ3v) is 5.85. The molecule has 10 nitrogen and oxygen atoms in total. The number of ether oxygens (including phenoxy) is 2. The molecule has 11 heteroatoms. The Bertz CT molecular complexity index is 1470. The SMILES string of the molecule is Cn1nc(-c2ccsc2)c(-c2ccc3c(c2)OCO3)c1NC(=O)c1cnc2n[nH]nc2c1. The van der Waals surface area contributed by atoms with Gasteiger partial charge in [-0.1, -0.05) is 6.07 Å². The standard InChI is InChI=1S/C21H15N7O3S/c1-28-20(23-21(29)13-6-14-19(22-8-13)25-27-24-14)17(18(26-28)12-4-5-32-9-12)11-2-3-15-16(7-11)31-10-30-15/h2-9H,10H2,1H3,(H,23,29)(H,22,24,25,27). The van der Waals surface area contributed by atoms with Crippen LogP contribution < -0.4 is 14.8 Å². The van der Waals surface area contributed by atoms with E-state index in [1.165, 1.54) is 6.20 Å². The summed E-state index contributed by atoms with van der Waals surface area (Å²) in [5.74, 6) is 1.56. The molecule has 1 amide bonds. The summed E-state index contributed by atoms with van der Waals surface area (Å²) in [4.78, 5) is 17.3. The summed E-state index contributed by atoms with van der Waals surface area (Å²) in [6, 6.07) is 9.32. The number of benzene rings is 1. The highest BCUT2D eigenvalue weighted by molar-refractivity contribution is 7.08. The summed E-state index contributed by atoms with van der Waals surface area (Å²) in [7, 11) is 1.79. The number of anilines is 1. The van der Waals surface area contributed by atoms with Gasteiger partial charge in [0.2, 0.25) is 12.4 Å². The first kappa shape index (κ1) is 18.5. The maximum atomic E-state index is 13.1. The topological polar surface area (TPSA) is 120 Å². The normalized spacial score (nSPS) is 12.4. The molecular weight excluding hydrogens is 430 g/mol. The minimum absolute atomic E-state index is 0.185. The average Bonchev–Trinajstić information content (AvgIpc) is 3.59. The second-order valence-electron chi connectivity index (χ2n) is 7.12. The van der Waals surface area contributed by atoms with Crippen molar-refractivity contribution in [2.75, 3.05) is 12.1 Å². The van der Waals surface area contributed by atoms with Crippen LogP contribution in [0.4, 0.5) is 5.82 Å². The lowest BCUT2D eigenvalue weighted by atomic mass is 10.0. The molecule has 4 aromatic heterocycles. The lowest BCUT2D eigenvalue weighted by Crippen LogP contribution is -2.15. The number of hydrogen-bond donors (Lipinski definition) is 2. The fourth-order valence-corrected chi connectivity index (χ4v) is 4.28. The Hall–Kier alpha value is -4.25. The molecule has 0 atom stereocenters. The Morgan fingerprint density at radius 3 is 2.94 bits per heavy atom. The molecule has 0 bridgehead atoms. The van der Waals surface area contributed by atoms with E-state index in [4.69, 9.17) is 14.6 Å². The number of aromatic amines is 1. The van der Waals surface area contributed by atoms with Crippen molar-refractivity contribution in [3.63, 3.8) is 0 Å². The number of pyridine rings is 1. The van der Waals surface area contributed by atoms with E-state index < -0.39 is 0 Å². The summed E-state index contributed by atoms with van der Waals surface area (Å²) in [5.41, 5.74) is 4.68. The monoisotopic (exact) mass is 445 g/mol. The van der Waals surface area contributed by atoms with Crippen LogP contribution in [-0.2, 0) is 7.05 Å². The van der Waals surface area contributed by atoms with E-state index in [0.717, 1.165) is 22.4 Å². The highest BCUT2D eigenvalue weighted by Crippen LogP contribution is 2.42. The molecule has 5 heterocycles. The van der Waals surface area contributed by atoms with Gasteiger partial charge in [-0.3, -0.25) is 9.48 Å². The Morgan fingerprint density at radius 2 is 2.06 bits per heavy atom.